The van der Waals surface area contributed by atoms with Crippen LogP contribution in [0.1, 0.15) is 69.9 Å². The maximum atomic E-state index is 12.2. The molecule has 2 aromatic carbocycles. The van der Waals surface area contributed by atoms with Crippen molar-refractivity contribution in [1.29, 1.82) is 0 Å². The molecule has 0 bridgehead atoms. The summed E-state index contributed by atoms with van der Waals surface area (Å²) in [5.41, 5.74) is 2.94. The molecule has 7 nitrogen and oxygen atoms in total. The molecule has 0 atom stereocenters. The van der Waals surface area contributed by atoms with E-state index >= 15 is 0 Å². The molecule has 1 heterocycles. The smallest absolute Gasteiger partial charge is 0.306 e. The van der Waals surface area contributed by atoms with E-state index < -0.39 is 0 Å². The van der Waals surface area contributed by atoms with Crippen molar-refractivity contribution in [3.8, 4) is 17.2 Å². The van der Waals surface area contributed by atoms with Crippen molar-refractivity contribution < 1.29 is 19.7 Å². The molecule has 3 rings (SSSR count). The number of phenols is 2. The van der Waals surface area contributed by atoms with E-state index in [4.69, 9.17) is 4.74 Å². The molecule has 0 radical (unpaired) electrons. The third-order valence-electron chi connectivity index (χ3n) is 5.63. The Morgan fingerprint density at radius 3 is 2.30 bits per heavy atom. The molecule has 1 aromatic heterocycles. The number of carbonyl (C=O) groups excluding carboxylic acids is 1. The molecule has 0 aliphatic carbocycles. The number of allylic oxidation sites excluding steroid dienone is 1. The topological polar surface area (TPSA) is 97.5 Å². The molecule has 7 heteroatoms. The number of carbonyl (C=O) groups is 1. The van der Waals surface area contributed by atoms with Gasteiger partial charge in [-0.25, -0.2) is 0 Å². The van der Waals surface area contributed by atoms with Gasteiger partial charge in [-0.3, -0.25) is 4.79 Å². The number of phenolic OH excluding ortho intramolecular Hbond substituents is 2. The van der Waals surface area contributed by atoms with Crippen molar-refractivity contribution in [1.82, 2.24) is 15.0 Å². The van der Waals surface area contributed by atoms with E-state index in [0.717, 1.165) is 19.3 Å². The number of unbranched alkanes of at least 4 members (excludes halogenated alkanes) is 5. The predicted octanol–water partition coefficient (Wildman–Crippen LogP) is 5.70. The fourth-order valence-corrected chi connectivity index (χ4v) is 3.75. The highest BCUT2D eigenvalue weighted by Crippen LogP contribution is 2.40. The molecular formula is C26H33N3O4. The van der Waals surface area contributed by atoms with Gasteiger partial charge in [0.2, 0.25) is 0 Å². The minimum absolute atomic E-state index is 0.0714. The first-order chi connectivity index (χ1) is 15.9. The summed E-state index contributed by atoms with van der Waals surface area (Å²) < 4.78 is 5.35. The van der Waals surface area contributed by atoms with Crippen LogP contribution in [0.4, 0.5) is 0 Å². The molecule has 2 N–H and O–H groups in total. The molecule has 0 aliphatic heterocycles. The van der Waals surface area contributed by atoms with Gasteiger partial charge in [0.05, 0.1) is 6.61 Å². The Labute approximate surface area is 194 Å². The van der Waals surface area contributed by atoms with Crippen LogP contribution in [0.15, 0.2) is 36.9 Å². The van der Waals surface area contributed by atoms with Crippen molar-refractivity contribution in [2.45, 2.75) is 65.2 Å². The van der Waals surface area contributed by atoms with Gasteiger partial charge >= 0.3 is 5.97 Å². The van der Waals surface area contributed by atoms with Gasteiger partial charge in [-0.1, -0.05) is 57.7 Å². The molecule has 0 spiro atoms. The van der Waals surface area contributed by atoms with Crippen LogP contribution in [0.5, 0.6) is 11.5 Å². The Balaban J connectivity index is 1.72. The summed E-state index contributed by atoms with van der Waals surface area (Å²) in [7, 11) is 0. The number of hydrogen-bond donors (Lipinski definition) is 2. The highest BCUT2D eigenvalue weighted by Gasteiger charge is 2.22. The van der Waals surface area contributed by atoms with Crippen LogP contribution >= 0.6 is 0 Å². The summed E-state index contributed by atoms with van der Waals surface area (Å²) in [6.07, 6.45) is 7.14. The van der Waals surface area contributed by atoms with Gasteiger partial charge in [-0.05, 0) is 49.1 Å². The average Bonchev–Trinajstić information content (AvgIpc) is 3.21. The minimum atomic E-state index is -0.308. The van der Waals surface area contributed by atoms with Crippen LogP contribution in [0.2, 0.25) is 0 Å². The highest BCUT2D eigenvalue weighted by atomic mass is 16.5. The van der Waals surface area contributed by atoms with Crippen molar-refractivity contribution in [3.05, 3.63) is 48.0 Å². The lowest BCUT2D eigenvalue weighted by molar-refractivity contribution is -0.143. The second kappa shape index (κ2) is 11.5. The van der Waals surface area contributed by atoms with Gasteiger partial charge in [0.1, 0.15) is 16.8 Å². The van der Waals surface area contributed by atoms with Gasteiger partial charge < -0.3 is 14.9 Å². The molecule has 33 heavy (non-hydrogen) atoms. The first-order valence-corrected chi connectivity index (χ1v) is 11.6. The molecule has 0 unspecified atom stereocenters. The summed E-state index contributed by atoms with van der Waals surface area (Å²) in [6.45, 7) is 8.29. The second-order valence-corrected chi connectivity index (χ2v) is 8.38. The fourth-order valence-electron chi connectivity index (χ4n) is 3.75. The maximum Gasteiger partial charge on any atom is 0.306 e. The van der Waals surface area contributed by atoms with E-state index in [1.807, 2.05) is 12.1 Å². The number of nitrogens with zero attached hydrogens (tertiary/aromatic N) is 3. The molecule has 0 aliphatic rings. The Morgan fingerprint density at radius 1 is 1.03 bits per heavy atom. The number of esters is 1. The van der Waals surface area contributed by atoms with Gasteiger partial charge in [0.25, 0.3) is 0 Å². The lowest BCUT2D eigenvalue weighted by Crippen LogP contribution is -2.08. The van der Waals surface area contributed by atoms with Crippen molar-refractivity contribution in [2.75, 3.05) is 6.61 Å². The van der Waals surface area contributed by atoms with Crippen LogP contribution in [0.3, 0.4) is 0 Å². The summed E-state index contributed by atoms with van der Waals surface area (Å²) in [5, 5.41) is 30.5. The Kier molecular flexibility index (Phi) is 8.46. The lowest BCUT2D eigenvalue weighted by atomic mass is 9.99. The van der Waals surface area contributed by atoms with Gasteiger partial charge in [0.15, 0.2) is 11.4 Å². The van der Waals surface area contributed by atoms with Crippen molar-refractivity contribution in [2.24, 2.45) is 0 Å². The number of benzene rings is 2. The molecule has 0 fully saturated rings. The van der Waals surface area contributed by atoms with E-state index in [9.17, 15) is 15.0 Å². The van der Waals surface area contributed by atoms with E-state index in [2.05, 4.69) is 23.7 Å². The van der Waals surface area contributed by atoms with Crippen molar-refractivity contribution >= 4 is 22.6 Å². The number of aromatic nitrogens is 3. The fraction of sp³-hybridized carbons (Fsp3) is 0.423. The van der Waals surface area contributed by atoms with E-state index in [0.29, 0.717) is 34.3 Å². The number of rotatable bonds is 12. The SMILES string of the molecule is C=C(C)c1cc(CCC(=O)OCCCCCCCC)c(O)c(-n2nc3ccccc3n2)c1O. The predicted molar refractivity (Wildman–Crippen MR) is 130 cm³/mol. The van der Waals surface area contributed by atoms with Gasteiger partial charge in [0, 0.05) is 12.0 Å². The minimum Gasteiger partial charge on any atom is -0.505 e. The zero-order valence-corrected chi connectivity index (χ0v) is 19.5. The maximum absolute atomic E-state index is 12.2. The van der Waals surface area contributed by atoms with Crippen LogP contribution < -0.4 is 0 Å². The molecular weight excluding hydrogens is 418 g/mol. The lowest BCUT2D eigenvalue weighted by Gasteiger charge is -2.15. The highest BCUT2D eigenvalue weighted by molar-refractivity contribution is 5.78. The van der Waals surface area contributed by atoms with E-state index in [1.54, 1.807) is 25.1 Å². The standard InChI is InChI=1S/C26H33N3O4/c1-4-5-6-7-8-11-16-33-23(30)15-14-19-17-20(18(2)3)26(32)24(25(19)31)29-27-21-12-9-10-13-22(21)28-29/h9-10,12-13,17,31-32H,2,4-8,11,14-16H2,1,3H3. The average molecular weight is 452 g/mol. The quantitative estimate of drug-likeness (QED) is 0.271. The molecule has 0 saturated heterocycles. The summed E-state index contributed by atoms with van der Waals surface area (Å²) >= 11 is 0. The summed E-state index contributed by atoms with van der Waals surface area (Å²) in [4.78, 5) is 13.4. The normalized spacial score (nSPS) is 11.1. The number of ether oxygens (including phenoxy) is 1. The zero-order chi connectivity index (χ0) is 23.8. The third kappa shape index (κ3) is 6.12. The Hall–Kier alpha value is -3.35. The number of fused-ring (bicyclic) bond motifs is 1. The van der Waals surface area contributed by atoms with Gasteiger partial charge in [-0.15, -0.1) is 15.0 Å². The van der Waals surface area contributed by atoms with Crippen LogP contribution in [0, 0.1) is 0 Å². The van der Waals surface area contributed by atoms with Crippen molar-refractivity contribution in [3.63, 3.8) is 0 Å². The number of aromatic hydroxyl groups is 2. The van der Waals surface area contributed by atoms with E-state index in [1.165, 1.54) is 24.1 Å². The molecule has 0 amide bonds. The summed E-state index contributed by atoms with van der Waals surface area (Å²) in [6, 6.07) is 8.94. The number of aryl methyl sites for hydroxylation is 1. The first-order valence-electron chi connectivity index (χ1n) is 11.6. The molecule has 3 aromatic rings. The van der Waals surface area contributed by atoms with E-state index in [-0.39, 0.29) is 36.0 Å². The third-order valence-corrected chi connectivity index (χ3v) is 5.63. The Bertz CT molecular complexity index is 1090. The van der Waals surface area contributed by atoms with Crippen LogP contribution in [0.25, 0.3) is 22.3 Å². The number of hydrogen-bond acceptors (Lipinski definition) is 6. The van der Waals surface area contributed by atoms with Gasteiger partial charge in [-0.2, -0.15) is 0 Å². The largest absolute Gasteiger partial charge is 0.505 e. The van der Waals surface area contributed by atoms with Crippen LogP contribution in [-0.4, -0.2) is 37.8 Å². The zero-order valence-electron chi connectivity index (χ0n) is 19.5. The monoisotopic (exact) mass is 451 g/mol. The molecule has 0 saturated carbocycles. The molecule has 176 valence electrons. The van der Waals surface area contributed by atoms with Crippen LogP contribution in [-0.2, 0) is 16.0 Å². The second-order valence-electron chi connectivity index (χ2n) is 8.38. The first kappa shape index (κ1) is 24.3. The summed E-state index contributed by atoms with van der Waals surface area (Å²) in [5.74, 6) is -0.631. The Morgan fingerprint density at radius 2 is 1.67 bits per heavy atom.